The maximum atomic E-state index is 12.6. The van der Waals surface area contributed by atoms with Crippen molar-refractivity contribution in [2.45, 2.75) is 39.5 Å². The molecule has 0 aromatic heterocycles. The van der Waals surface area contributed by atoms with Crippen LogP contribution < -0.4 is 10.2 Å². The highest BCUT2D eigenvalue weighted by Crippen LogP contribution is 2.32. The highest BCUT2D eigenvalue weighted by molar-refractivity contribution is 5.96. The summed E-state index contributed by atoms with van der Waals surface area (Å²) in [6.45, 7) is 12.4. The Morgan fingerprint density at radius 3 is 2.21 bits per heavy atom. The Morgan fingerprint density at radius 2 is 1.53 bits per heavy atom. The van der Waals surface area contributed by atoms with E-state index in [0.717, 1.165) is 68.9 Å². The van der Waals surface area contributed by atoms with E-state index in [2.05, 4.69) is 40.2 Å². The molecule has 34 heavy (non-hydrogen) atoms. The molecule has 2 amide bonds. The van der Waals surface area contributed by atoms with Gasteiger partial charge in [-0.1, -0.05) is 32.0 Å². The number of hydrogen-bond acceptors (Lipinski definition) is 4. The van der Waals surface area contributed by atoms with Gasteiger partial charge in [-0.2, -0.15) is 0 Å². The van der Waals surface area contributed by atoms with Crippen LogP contribution in [0, 0.1) is 0 Å². The first-order chi connectivity index (χ1) is 16.6. The van der Waals surface area contributed by atoms with Crippen molar-refractivity contribution in [3.8, 4) is 11.1 Å². The highest BCUT2D eigenvalue weighted by Gasteiger charge is 2.23. The molecule has 1 saturated heterocycles. The number of nitrogens with one attached hydrogen (secondary N) is 1. The van der Waals surface area contributed by atoms with E-state index in [1.807, 2.05) is 36.1 Å². The van der Waals surface area contributed by atoms with Gasteiger partial charge in [-0.25, -0.2) is 0 Å². The number of amides is 2. The van der Waals surface area contributed by atoms with Gasteiger partial charge in [0.2, 0.25) is 5.91 Å². The lowest BCUT2D eigenvalue weighted by Gasteiger charge is -2.34. The first-order valence-electron chi connectivity index (χ1n) is 12.9. The third-order valence-electron chi connectivity index (χ3n) is 7.00. The summed E-state index contributed by atoms with van der Waals surface area (Å²) in [7, 11) is 0. The summed E-state index contributed by atoms with van der Waals surface area (Å²) in [5.74, 6) is 0.165. The van der Waals surface area contributed by atoms with Crippen molar-refractivity contribution in [3.63, 3.8) is 0 Å². The largest absolute Gasteiger partial charge is 0.352 e. The van der Waals surface area contributed by atoms with Crippen molar-refractivity contribution >= 4 is 17.5 Å². The van der Waals surface area contributed by atoms with Crippen LogP contribution in [0.4, 0.5) is 5.69 Å². The summed E-state index contributed by atoms with van der Waals surface area (Å²) in [4.78, 5) is 31.6. The molecule has 0 aliphatic carbocycles. The van der Waals surface area contributed by atoms with E-state index in [4.69, 9.17) is 0 Å². The fraction of sp³-hybridized carbons (Fsp3) is 0.500. The van der Waals surface area contributed by atoms with Crippen LogP contribution in [0.1, 0.15) is 49.0 Å². The maximum Gasteiger partial charge on any atom is 0.251 e. The minimum absolute atomic E-state index is 0.0120. The van der Waals surface area contributed by atoms with E-state index >= 15 is 0 Å². The van der Waals surface area contributed by atoms with Crippen molar-refractivity contribution in [3.05, 3.63) is 53.6 Å². The normalized spacial score (nSPS) is 16.5. The molecule has 0 spiro atoms. The molecule has 0 bridgehead atoms. The van der Waals surface area contributed by atoms with Crippen LogP contribution in [0.2, 0.25) is 0 Å². The molecule has 6 heteroatoms. The van der Waals surface area contributed by atoms with Gasteiger partial charge < -0.3 is 20.0 Å². The maximum absolute atomic E-state index is 12.6. The number of benzene rings is 2. The van der Waals surface area contributed by atoms with Crippen molar-refractivity contribution in [2.75, 3.05) is 57.3 Å². The van der Waals surface area contributed by atoms with Crippen molar-refractivity contribution in [2.24, 2.45) is 0 Å². The van der Waals surface area contributed by atoms with Gasteiger partial charge in [-0.3, -0.25) is 9.59 Å². The Labute approximate surface area is 203 Å². The molecule has 0 unspecified atom stereocenters. The Balaban J connectivity index is 1.24. The van der Waals surface area contributed by atoms with Gasteiger partial charge in [0.05, 0.1) is 0 Å². The van der Waals surface area contributed by atoms with Crippen LogP contribution in [0.3, 0.4) is 0 Å². The topological polar surface area (TPSA) is 55.9 Å². The number of fused-ring (bicyclic) bond motifs is 1. The van der Waals surface area contributed by atoms with Gasteiger partial charge in [0.1, 0.15) is 0 Å². The average Bonchev–Trinajstić information content (AvgIpc) is 3.30. The number of anilines is 1. The predicted molar refractivity (Wildman–Crippen MR) is 138 cm³/mol. The molecule has 1 fully saturated rings. The van der Waals surface area contributed by atoms with E-state index in [1.54, 1.807) is 0 Å². The quantitative estimate of drug-likeness (QED) is 0.576. The molecule has 0 radical (unpaired) electrons. The Bertz CT molecular complexity index is 980. The Hall–Kier alpha value is -2.70. The van der Waals surface area contributed by atoms with Gasteiger partial charge in [-0.05, 0) is 73.3 Å². The van der Waals surface area contributed by atoms with Gasteiger partial charge >= 0.3 is 0 Å². The second kappa shape index (κ2) is 11.6. The Morgan fingerprint density at radius 1 is 0.853 bits per heavy atom. The fourth-order valence-corrected chi connectivity index (χ4v) is 5.00. The summed E-state index contributed by atoms with van der Waals surface area (Å²) in [5, 5.41) is 3.07. The van der Waals surface area contributed by atoms with Crippen LogP contribution in [0.15, 0.2) is 42.5 Å². The van der Waals surface area contributed by atoms with Crippen molar-refractivity contribution < 1.29 is 9.59 Å². The first kappa shape index (κ1) is 24.4. The van der Waals surface area contributed by atoms with Crippen LogP contribution in [-0.4, -0.2) is 74.0 Å². The average molecular weight is 463 g/mol. The molecule has 2 aromatic carbocycles. The third-order valence-corrected chi connectivity index (χ3v) is 7.00. The van der Waals surface area contributed by atoms with E-state index in [-0.39, 0.29) is 11.8 Å². The van der Waals surface area contributed by atoms with Gasteiger partial charge in [0.25, 0.3) is 5.91 Å². The lowest BCUT2D eigenvalue weighted by molar-refractivity contribution is -0.118. The zero-order valence-electron chi connectivity index (χ0n) is 20.7. The van der Waals surface area contributed by atoms with Crippen LogP contribution >= 0.6 is 0 Å². The number of nitrogens with zero attached hydrogens (tertiary/aromatic N) is 3. The predicted octanol–water partition coefficient (Wildman–Crippen LogP) is 3.80. The van der Waals surface area contributed by atoms with Crippen LogP contribution in [-0.2, 0) is 11.2 Å². The number of carbonyl (C=O) groups is 2. The highest BCUT2D eigenvalue weighted by atomic mass is 16.2. The number of carbonyl (C=O) groups excluding carboxylic acids is 2. The first-order valence-corrected chi connectivity index (χ1v) is 12.9. The molecular weight excluding hydrogens is 424 g/mol. The molecule has 2 aromatic rings. The lowest BCUT2D eigenvalue weighted by Crippen LogP contribution is -2.47. The second-order valence-corrected chi connectivity index (χ2v) is 9.36. The molecule has 1 N–H and O–H groups in total. The van der Waals surface area contributed by atoms with Gasteiger partial charge in [0, 0.05) is 56.9 Å². The number of piperazine rings is 1. The molecule has 0 atom stereocenters. The number of hydrogen-bond donors (Lipinski definition) is 1. The summed E-state index contributed by atoms with van der Waals surface area (Å²) in [5.41, 5.74) is 5.15. The molecular formula is C28H38N4O2. The zero-order valence-corrected chi connectivity index (χ0v) is 20.7. The minimum Gasteiger partial charge on any atom is -0.352 e. The number of rotatable bonds is 9. The standard InChI is InChI=1S/C28H38N4O2/c1-3-14-30-17-19-31(20-18-30)15-5-13-29-28(34)23-8-6-22(7-9-23)24-10-11-26-25(21-24)12-16-32(26)27(33)4-2/h6-11,21H,3-5,12-20H2,1-2H3,(H,29,34). The molecule has 2 aliphatic rings. The van der Waals surface area contributed by atoms with Crippen molar-refractivity contribution in [1.82, 2.24) is 15.1 Å². The summed E-state index contributed by atoms with van der Waals surface area (Å²) in [6.07, 6.45) is 3.62. The lowest BCUT2D eigenvalue weighted by atomic mass is 10.0. The summed E-state index contributed by atoms with van der Waals surface area (Å²) >= 11 is 0. The Kier molecular flexibility index (Phi) is 8.35. The van der Waals surface area contributed by atoms with E-state index < -0.39 is 0 Å². The van der Waals surface area contributed by atoms with Crippen molar-refractivity contribution in [1.29, 1.82) is 0 Å². The second-order valence-electron chi connectivity index (χ2n) is 9.36. The van der Waals surface area contributed by atoms with Gasteiger partial charge in [-0.15, -0.1) is 0 Å². The van der Waals surface area contributed by atoms with Gasteiger partial charge in [0.15, 0.2) is 0 Å². The third kappa shape index (κ3) is 5.86. The molecule has 2 heterocycles. The van der Waals surface area contributed by atoms with Crippen LogP contribution in [0.5, 0.6) is 0 Å². The monoisotopic (exact) mass is 462 g/mol. The zero-order chi connectivity index (χ0) is 23.9. The molecule has 0 saturated carbocycles. The van der Waals surface area contributed by atoms with Crippen LogP contribution in [0.25, 0.3) is 11.1 Å². The molecule has 182 valence electrons. The van der Waals surface area contributed by atoms with E-state index in [9.17, 15) is 9.59 Å². The summed E-state index contributed by atoms with van der Waals surface area (Å²) < 4.78 is 0. The fourth-order valence-electron chi connectivity index (χ4n) is 5.00. The van der Waals surface area contributed by atoms with E-state index in [0.29, 0.717) is 18.5 Å². The van der Waals surface area contributed by atoms with E-state index in [1.165, 1.54) is 18.5 Å². The molecule has 6 nitrogen and oxygen atoms in total. The summed E-state index contributed by atoms with van der Waals surface area (Å²) in [6, 6.07) is 14.1. The molecule has 4 rings (SSSR count). The molecule has 2 aliphatic heterocycles. The smallest absolute Gasteiger partial charge is 0.251 e. The SMILES string of the molecule is CCCN1CCN(CCCNC(=O)c2ccc(-c3ccc4c(c3)CCN4C(=O)CC)cc2)CC1. The minimum atomic E-state index is -0.0120.